The molecule has 0 fully saturated rings. The number of nitrogens with two attached hydrogens (primary N) is 1. The van der Waals surface area contributed by atoms with E-state index in [0.29, 0.717) is 12.2 Å². The number of fused-ring (bicyclic) bond motifs is 1. The number of para-hydroxylation sites is 1. The minimum Gasteiger partial charge on any atom is -0.324 e. The third kappa shape index (κ3) is 2.11. The second kappa shape index (κ2) is 4.82. The number of hydrogen-bond donors (Lipinski definition) is 1. The Bertz CT molecular complexity index is 597. The number of carbonyl (C=O) groups excluding carboxylic acids is 1. The summed E-state index contributed by atoms with van der Waals surface area (Å²) in [6.07, 6.45) is 2.41. The second-order valence-electron chi connectivity index (χ2n) is 4.63. The number of hydrogen-bond acceptors (Lipinski definition) is 3. The molecular weight excluding hydrogens is 238 g/mol. The van der Waals surface area contributed by atoms with E-state index in [1.54, 1.807) is 23.2 Å². The van der Waals surface area contributed by atoms with E-state index in [4.69, 9.17) is 5.73 Å². The molecule has 1 amide bonds. The van der Waals surface area contributed by atoms with Crippen LogP contribution >= 0.6 is 0 Å². The number of pyridine rings is 1. The molecule has 3 rings (SSSR count). The van der Waals surface area contributed by atoms with E-state index in [-0.39, 0.29) is 11.9 Å². The maximum Gasteiger partial charge on any atom is 0.276 e. The van der Waals surface area contributed by atoms with Gasteiger partial charge in [-0.05, 0) is 30.2 Å². The topological polar surface area (TPSA) is 59.2 Å². The molecule has 4 nitrogen and oxygen atoms in total. The average molecular weight is 253 g/mol. The molecule has 1 aliphatic heterocycles. The number of carbonyl (C=O) groups is 1. The fourth-order valence-electron chi connectivity index (χ4n) is 2.43. The first-order valence-electron chi connectivity index (χ1n) is 6.35. The zero-order chi connectivity index (χ0) is 13.2. The molecule has 0 saturated heterocycles. The van der Waals surface area contributed by atoms with Gasteiger partial charge in [0.25, 0.3) is 5.91 Å². The van der Waals surface area contributed by atoms with Crippen LogP contribution in [0.1, 0.15) is 28.5 Å². The lowest BCUT2D eigenvalue weighted by atomic mass is 9.97. The standard InChI is InChI=1S/C15H15N3O/c16-12-8-10-18(14-7-2-1-5-11(12)14)15(19)13-6-3-4-9-17-13/h1-7,9,12H,8,10,16H2. The highest BCUT2D eigenvalue weighted by Crippen LogP contribution is 2.32. The number of rotatable bonds is 1. The first-order chi connectivity index (χ1) is 9.27. The predicted molar refractivity (Wildman–Crippen MR) is 73.9 cm³/mol. The highest BCUT2D eigenvalue weighted by molar-refractivity contribution is 6.05. The third-order valence-electron chi connectivity index (χ3n) is 3.42. The minimum absolute atomic E-state index is 0.00369. The SMILES string of the molecule is NC1CCN(C(=O)c2ccccn2)c2ccccc21. The fraction of sp³-hybridized carbons (Fsp3) is 0.200. The van der Waals surface area contributed by atoms with E-state index < -0.39 is 0 Å². The van der Waals surface area contributed by atoms with Crippen LogP contribution in [0.25, 0.3) is 0 Å². The van der Waals surface area contributed by atoms with Crippen molar-refractivity contribution in [2.45, 2.75) is 12.5 Å². The maximum absolute atomic E-state index is 12.5. The summed E-state index contributed by atoms with van der Waals surface area (Å²) in [6, 6.07) is 13.2. The van der Waals surface area contributed by atoms with Crippen LogP contribution in [0.2, 0.25) is 0 Å². The first kappa shape index (κ1) is 11.9. The van der Waals surface area contributed by atoms with E-state index in [1.165, 1.54) is 0 Å². The van der Waals surface area contributed by atoms with Crippen LogP contribution in [0.3, 0.4) is 0 Å². The first-order valence-corrected chi connectivity index (χ1v) is 6.35. The van der Waals surface area contributed by atoms with Gasteiger partial charge in [0.15, 0.2) is 0 Å². The average Bonchev–Trinajstić information content (AvgIpc) is 2.48. The predicted octanol–water partition coefficient (Wildman–Crippen LogP) is 2.13. The van der Waals surface area contributed by atoms with Crippen LogP contribution in [-0.4, -0.2) is 17.4 Å². The van der Waals surface area contributed by atoms with E-state index in [0.717, 1.165) is 17.7 Å². The molecular formula is C15H15N3O. The molecule has 0 bridgehead atoms. The molecule has 4 heteroatoms. The molecule has 2 aromatic rings. The molecule has 0 radical (unpaired) electrons. The minimum atomic E-state index is -0.0695. The van der Waals surface area contributed by atoms with E-state index in [2.05, 4.69) is 4.98 Å². The van der Waals surface area contributed by atoms with Crippen molar-refractivity contribution in [3.63, 3.8) is 0 Å². The Labute approximate surface area is 111 Å². The van der Waals surface area contributed by atoms with E-state index in [9.17, 15) is 4.79 Å². The maximum atomic E-state index is 12.5. The molecule has 0 aliphatic carbocycles. The molecule has 1 aliphatic rings. The molecule has 19 heavy (non-hydrogen) atoms. The van der Waals surface area contributed by atoms with Gasteiger partial charge in [-0.1, -0.05) is 24.3 Å². The molecule has 1 aromatic heterocycles. The zero-order valence-electron chi connectivity index (χ0n) is 10.5. The summed E-state index contributed by atoms with van der Waals surface area (Å²) >= 11 is 0. The molecule has 1 aromatic carbocycles. The van der Waals surface area contributed by atoms with Gasteiger partial charge >= 0.3 is 0 Å². The van der Waals surface area contributed by atoms with Gasteiger partial charge in [-0.15, -0.1) is 0 Å². The molecule has 1 atom stereocenters. The Kier molecular flexibility index (Phi) is 3.01. The van der Waals surface area contributed by atoms with Gasteiger partial charge in [-0.25, -0.2) is 0 Å². The number of amides is 1. The highest BCUT2D eigenvalue weighted by atomic mass is 16.2. The summed E-state index contributed by atoms with van der Waals surface area (Å²) in [5.74, 6) is -0.0695. The smallest absolute Gasteiger partial charge is 0.276 e. The monoisotopic (exact) mass is 253 g/mol. The Hall–Kier alpha value is -2.20. The lowest BCUT2D eigenvalue weighted by molar-refractivity contribution is 0.0979. The summed E-state index contributed by atoms with van der Waals surface area (Å²) in [7, 11) is 0. The van der Waals surface area contributed by atoms with E-state index >= 15 is 0 Å². The van der Waals surface area contributed by atoms with Gasteiger partial charge in [0.05, 0.1) is 0 Å². The molecule has 2 heterocycles. The number of anilines is 1. The molecule has 0 spiro atoms. The number of nitrogens with zero attached hydrogens (tertiary/aromatic N) is 2. The van der Waals surface area contributed by atoms with Crippen LogP contribution in [0.4, 0.5) is 5.69 Å². The third-order valence-corrected chi connectivity index (χ3v) is 3.42. The van der Waals surface area contributed by atoms with Crippen molar-refractivity contribution in [1.82, 2.24) is 4.98 Å². The van der Waals surface area contributed by atoms with Crippen LogP contribution in [0.5, 0.6) is 0 Å². The van der Waals surface area contributed by atoms with Crippen LogP contribution in [0.15, 0.2) is 48.7 Å². The Morgan fingerprint density at radius 2 is 2.00 bits per heavy atom. The van der Waals surface area contributed by atoms with Gasteiger partial charge in [0.1, 0.15) is 5.69 Å². The van der Waals surface area contributed by atoms with Crippen molar-refractivity contribution >= 4 is 11.6 Å². The summed E-state index contributed by atoms with van der Waals surface area (Å²) in [5.41, 5.74) is 8.49. The van der Waals surface area contributed by atoms with Gasteiger partial charge < -0.3 is 10.6 Å². The summed E-state index contributed by atoms with van der Waals surface area (Å²) < 4.78 is 0. The van der Waals surface area contributed by atoms with Crippen molar-refractivity contribution in [2.24, 2.45) is 5.73 Å². The normalized spacial score (nSPS) is 17.9. The Balaban J connectivity index is 1.99. The van der Waals surface area contributed by atoms with Crippen molar-refractivity contribution in [1.29, 1.82) is 0 Å². The Morgan fingerprint density at radius 1 is 1.21 bits per heavy atom. The Morgan fingerprint density at radius 3 is 2.79 bits per heavy atom. The number of benzene rings is 1. The lowest BCUT2D eigenvalue weighted by Gasteiger charge is -2.32. The van der Waals surface area contributed by atoms with Crippen molar-refractivity contribution in [3.05, 3.63) is 59.9 Å². The van der Waals surface area contributed by atoms with Gasteiger partial charge in [-0.2, -0.15) is 0 Å². The molecule has 96 valence electrons. The zero-order valence-corrected chi connectivity index (χ0v) is 10.5. The quantitative estimate of drug-likeness (QED) is 0.847. The van der Waals surface area contributed by atoms with Gasteiger partial charge in [0.2, 0.25) is 0 Å². The fourth-order valence-corrected chi connectivity index (χ4v) is 2.43. The van der Waals surface area contributed by atoms with Gasteiger partial charge in [0, 0.05) is 24.5 Å². The summed E-state index contributed by atoms with van der Waals surface area (Å²) in [4.78, 5) is 18.4. The van der Waals surface area contributed by atoms with Crippen LogP contribution in [0, 0.1) is 0 Å². The largest absolute Gasteiger partial charge is 0.324 e. The van der Waals surface area contributed by atoms with Crippen LogP contribution in [-0.2, 0) is 0 Å². The summed E-state index contributed by atoms with van der Waals surface area (Å²) in [6.45, 7) is 0.633. The molecule has 1 unspecified atom stereocenters. The lowest BCUT2D eigenvalue weighted by Crippen LogP contribution is -2.38. The summed E-state index contributed by atoms with van der Waals surface area (Å²) in [5, 5.41) is 0. The number of aromatic nitrogens is 1. The van der Waals surface area contributed by atoms with Crippen LogP contribution < -0.4 is 10.6 Å². The van der Waals surface area contributed by atoms with Crippen molar-refractivity contribution < 1.29 is 4.79 Å². The second-order valence-corrected chi connectivity index (χ2v) is 4.63. The molecule has 2 N–H and O–H groups in total. The van der Waals surface area contributed by atoms with Crippen molar-refractivity contribution in [3.8, 4) is 0 Å². The highest BCUT2D eigenvalue weighted by Gasteiger charge is 2.27. The van der Waals surface area contributed by atoms with Gasteiger partial charge in [-0.3, -0.25) is 9.78 Å². The van der Waals surface area contributed by atoms with Crippen molar-refractivity contribution in [2.75, 3.05) is 11.4 Å². The molecule has 0 saturated carbocycles. The van der Waals surface area contributed by atoms with E-state index in [1.807, 2.05) is 30.3 Å².